The monoisotopic (exact) mass is 147 g/mol. The van der Waals surface area contributed by atoms with E-state index in [9.17, 15) is 0 Å². The summed E-state index contributed by atoms with van der Waals surface area (Å²) in [4.78, 5) is 0. The van der Waals surface area contributed by atoms with Crippen molar-refractivity contribution in [3.8, 4) is 0 Å². The van der Waals surface area contributed by atoms with Crippen molar-refractivity contribution in [1.29, 1.82) is 0 Å². The van der Waals surface area contributed by atoms with Gasteiger partial charge in [0.05, 0.1) is 18.3 Å². The Hall–Kier alpha value is -0.160. The molecule has 1 saturated carbocycles. The van der Waals surface area contributed by atoms with Gasteiger partial charge in [-0.2, -0.15) is 0 Å². The fourth-order valence-corrected chi connectivity index (χ4v) is 1.06. The normalized spacial score (nSPS) is 43.8. The number of aliphatic hydroxyl groups excluding tert-OH is 4. The quantitative estimate of drug-likeness (QED) is 0.346. The fraction of sp³-hybridized carbons (Fsp3) is 0.833. The van der Waals surface area contributed by atoms with Crippen LogP contribution in [0.1, 0.15) is 12.8 Å². The minimum absolute atomic E-state index is 0.0466. The molecule has 1 radical (unpaired) electrons. The Morgan fingerprint density at radius 3 is 1.80 bits per heavy atom. The van der Waals surface area contributed by atoms with Crippen LogP contribution in [0.5, 0.6) is 0 Å². The first-order chi connectivity index (χ1) is 4.61. The third-order valence-electron chi connectivity index (χ3n) is 1.68. The minimum Gasteiger partial charge on any atom is -0.390 e. The maximum absolute atomic E-state index is 8.94. The van der Waals surface area contributed by atoms with Crippen molar-refractivity contribution in [1.82, 2.24) is 0 Å². The number of aliphatic hydroxyl groups is 4. The topological polar surface area (TPSA) is 80.9 Å². The first kappa shape index (κ1) is 7.94. The number of rotatable bonds is 0. The van der Waals surface area contributed by atoms with E-state index in [1.807, 2.05) is 0 Å². The van der Waals surface area contributed by atoms with E-state index >= 15 is 0 Å². The summed E-state index contributed by atoms with van der Waals surface area (Å²) in [6.07, 6.45) is -2.98. The van der Waals surface area contributed by atoms with Gasteiger partial charge in [0.15, 0.2) is 0 Å². The third kappa shape index (κ3) is 1.46. The summed E-state index contributed by atoms with van der Waals surface area (Å²) in [5.41, 5.74) is 0. The maximum atomic E-state index is 8.94. The molecule has 0 aromatic rings. The highest BCUT2D eigenvalue weighted by molar-refractivity contribution is 4.94. The summed E-state index contributed by atoms with van der Waals surface area (Å²) in [6.45, 7) is 0. The largest absolute Gasteiger partial charge is 0.390 e. The van der Waals surface area contributed by atoms with Crippen LogP contribution in [0, 0.1) is 6.10 Å². The average Bonchev–Trinajstić information content (AvgIpc) is 1.82. The molecule has 4 N–H and O–H groups in total. The van der Waals surface area contributed by atoms with Gasteiger partial charge in [0.25, 0.3) is 0 Å². The highest BCUT2D eigenvalue weighted by atomic mass is 16.4. The van der Waals surface area contributed by atoms with Crippen molar-refractivity contribution in [3.05, 3.63) is 6.10 Å². The molecule has 1 aliphatic carbocycles. The molecular formula is C6H11O4. The average molecular weight is 147 g/mol. The molecule has 0 spiro atoms. The van der Waals surface area contributed by atoms with E-state index in [4.69, 9.17) is 20.4 Å². The van der Waals surface area contributed by atoms with E-state index in [1.54, 1.807) is 0 Å². The Kier molecular flexibility index (Phi) is 2.25. The second kappa shape index (κ2) is 2.84. The van der Waals surface area contributed by atoms with Crippen LogP contribution in [0.25, 0.3) is 0 Å². The Bertz CT molecular complexity index is 104. The number of hydrogen-bond acceptors (Lipinski definition) is 4. The molecule has 0 aliphatic heterocycles. The minimum atomic E-state index is -1.11. The summed E-state index contributed by atoms with van der Waals surface area (Å²) in [5.74, 6) is 0. The van der Waals surface area contributed by atoms with Crippen LogP contribution >= 0.6 is 0 Å². The SMILES string of the molecule is O[C]1CC(O)C(O)C(O)C1. The van der Waals surface area contributed by atoms with Crippen molar-refractivity contribution >= 4 is 0 Å². The van der Waals surface area contributed by atoms with Crippen LogP contribution in [0.3, 0.4) is 0 Å². The van der Waals surface area contributed by atoms with Gasteiger partial charge in [-0.15, -0.1) is 0 Å². The molecule has 0 amide bonds. The zero-order chi connectivity index (χ0) is 7.72. The molecule has 59 valence electrons. The molecule has 0 aromatic carbocycles. The second-order valence-electron chi connectivity index (χ2n) is 2.60. The molecule has 1 rings (SSSR count). The standard InChI is InChI=1S/C6H11O4/c7-3-1-4(8)6(10)5(9)2-3/h4-10H,1-2H2. The molecule has 0 bridgehead atoms. The van der Waals surface area contributed by atoms with E-state index in [2.05, 4.69) is 0 Å². The predicted molar refractivity (Wildman–Crippen MR) is 32.4 cm³/mol. The third-order valence-corrected chi connectivity index (χ3v) is 1.68. The first-order valence-electron chi connectivity index (χ1n) is 3.19. The lowest BCUT2D eigenvalue weighted by atomic mass is 9.90. The van der Waals surface area contributed by atoms with Gasteiger partial charge in [0.2, 0.25) is 0 Å². The summed E-state index contributed by atoms with van der Waals surface area (Å²) in [7, 11) is 0. The second-order valence-corrected chi connectivity index (χ2v) is 2.60. The Morgan fingerprint density at radius 1 is 1.00 bits per heavy atom. The first-order valence-corrected chi connectivity index (χ1v) is 3.19. The molecule has 0 aromatic heterocycles. The van der Waals surface area contributed by atoms with Crippen molar-refractivity contribution in [3.63, 3.8) is 0 Å². The van der Waals surface area contributed by atoms with Crippen LogP contribution < -0.4 is 0 Å². The van der Waals surface area contributed by atoms with Crippen LogP contribution in [0.4, 0.5) is 0 Å². The van der Waals surface area contributed by atoms with Crippen LogP contribution in [-0.4, -0.2) is 38.7 Å². The zero-order valence-corrected chi connectivity index (χ0v) is 5.44. The van der Waals surface area contributed by atoms with Gasteiger partial charge < -0.3 is 20.4 Å². The lowest BCUT2D eigenvalue weighted by Crippen LogP contribution is -2.43. The molecule has 2 atom stereocenters. The molecule has 0 heterocycles. The molecule has 10 heavy (non-hydrogen) atoms. The van der Waals surface area contributed by atoms with E-state index in [0.717, 1.165) is 0 Å². The van der Waals surface area contributed by atoms with Crippen LogP contribution in [-0.2, 0) is 0 Å². The molecule has 1 fully saturated rings. The van der Waals surface area contributed by atoms with Crippen molar-refractivity contribution in [2.45, 2.75) is 31.2 Å². The van der Waals surface area contributed by atoms with Crippen molar-refractivity contribution in [2.75, 3.05) is 0 Å². The Labute approximate surface area is 58.7 Å². The Balaban J connectivity index is 2.49. The molecule has 0 saturated heterocycles. The van der Waals surface area contributed by atoms with Crippen LogP contribution in [0.15, 0.2) is 0 Å². The van der Waals surface area contributed by atoms with Crippen molar-refractivity contribution in [2.24, 2.45) is 0 Å². The molecule has 2 unspecified atom stereocenters. The van der Waals surface area contributed by atoms with Gasteiger partial charge in [-0.25, -0.2) is 0 Å². The van der Waals surface area contributed by atoms with Gasteiger partial charge in [-0.1, -0.05) is 0 Å². The predicted octanol–water partition coefficient (Wildman–Crippen LogP) is -1.23. The summed E-state index contributed by atoms with van der Waals surface area (Å²) in [5, 5.41) is 35.6. The lowest BCUT2D eigenvalue weighted by molar-refractivity contribution is -0.0936. The van der Waals surface area contributed by atoms with Gasteiger partial charge in [-0.05, 0) is 0 Å². The highest BCUT2D eigenvalue weighted by Crippen LogP contribution is 2.24. The van der Waals surface area contributed by atoms with E-state index in [0.29, 0.717) is 0 Å². The summed E-state index contributed by atoms with van der Waals surface area (Å²) < 4.78 is 0. The van der Waals surface area contributed by atoms with Gasteiger partial charge in [0, 0.05) is 12.8 Å². The zero-order valence-electron chi connectivity index (χ0n) is 5.44. The van der Waals surface area contributed by atoms with Crippen LogP contribution in [0.2, 0.25) is 0 Å². The van der Waals surface area contributed by atoms with E-state index in [-0.39, 0.29) is 18.9 Å². The fourth-order valence-electron chi connectivity index (χ4n) is 1.06. The maximum Gasteiger partial charge on any atom is 0.106 e. The molecule has 4 heteroatoms. The van der Waals surface area contributed by atoms with Gasteiger partial charge in [0.1, 0.15) is 6.10 Å². The number of hydrogen-bond donors (Lipinski definition) is 4. The van der Waals surface area contributed by atoms with Crippen molar-refractivity contribution < 1.29 is 20.4 Å². The Morgan fingerprint density at radius 2 is 1.40 bits per heavy atom. The highest BCUT2D eigenvalue weighted by Gasteiger charge is 2.34. The van der Waals surface area contributed by atoms with Gasteiger partial charge in [-0.3, -0.25) is 0 Å². The van der Waals surface area contributed by atoms with E-state index < -0.39 is 18.3 Å². The molecular weight excluding hydrogens is 136 g/mol. The van der Waals surface area contributed by atoms with E-state index in [1.165, 1.54) is 0 Å². The lowest BCUT2D eigenvalue weighted by Gasteiger charge is -2.30. The summed E-state index contributed by atoms with van der Waals surface area (Å²) in [6, 6.07) is 0. The molecule has 1 aliphatic rings. The smallest absolute Gasteiger partial charge is 0.106 e. The molecule has 4 nitrogen and oxygen atoms in total. The van der Waals surface area contributed by atoms with Gasteiger partial charge >= 0.3 is 0 Å². The summed E-state index contributed by atoms with van der Waals surface area (Å²) >= 11 is 0.